The number of halogens is 1. The summed E-state index contributed by atoms with van der Waals surface area (Å²) in [5, 5.41) is 3.69. The third-order valence-electron chi connectivity index (χ3n) is 3.46. The molecule has 110 valence electrons. The molecule has 0 aliphatic carbocycles. The summed E-state index contributed by atoms with van der Waals surface area (Å²) in [6, 6.07) is 0.235. The Morgan fingerprint density at radius 1 is 1.40 bits per heavy atom. The molecule has 1 fully saturated rings. The molecule has 0 aromatic carbocycles. The van der Waals surface area contributed by atoms with Crippen molar-refractivity contribution < 1.29 is 4.79 Å². The number of hydrogen-bond donors (Lipinski definition) is 1. The molecule has 6 heteroatoms. The van der Waals surface area contributed by atoms with Crippen molar-refractivity contribution in [3.63, 3.8) is 0 Å². The van der Waals surface area contributed by atoms with Gasteiger partial charge in [0.1, 0.15) is 11.3 Å². The fraction of sp³-hybridized carbons (Fsp3) is 0.643. The topological polar surface area (TPSA) is 58.1 Å². The van der Waals surface area contributed by atoms with E-state index >= 15 is 0 Å². The van der Waals surface area contributed by atoms with Crippen LogP contribution in [0, 0.1) is 5.41 Å². The van der Waals surface area contributed by atoms with Crippen molar-refractivity contribution in [2.24, 2.45) is 5.41 Å². The molecule has 2 rings (SSSR count). The number of nitrogens with zero attached hydrogens (tertiary/aromatic N) is 3. The monoisotopic (exact) mass is 296 g/mol. The molecule has 5 nitrogen and oxygen atoms in total. The highest BCUT2D eigenvalue weighted by Crippen LogP contribution is 2.25. The van der Waals surface area contributed by atoms with E-state index in [1.54, 1.807) is 6.20 Å². The van der Waals surface area contributed by atoms with E-state index in [4.69, 9.17) is 11.6 Å². The summed E-state index contributed by atoms with van der Waals surface area (Å²) in [5.41, 5.74) is -0.340. The Bertz CT molecular complexity index is 478. The van der Waals surface area contributed by atoms with Crippen molar-refractivity contribution >= 4 is 23.3 Å². The number of rotatable bonds is 2. The van der Waals surface area contributed by atoms with E-state index in [1.165, 1.54) is 6.33 Å². The molecule has 0 bridgehead atoms. The van der Waals surface area contributed by atoms with Crippen LogP contribution in [0.15, 0.2) is 12.5 Å². The summed E-state index contributed by atoms with van der Waals surface area (Å²) >= 11 is 6.10. The standard InChI is InChI=1S/C14H21ClN4O/c1-14(2,3)13(20)18-10-4-6-19(7-5-10)12-11(15)8-16-9-17-12/h8-10H,4-7H2,1-3H3,(H,18,20). The summed E-state index contributed by atoms with van der Waals surface area (Å²) in [6.07, 6.45) is 4.93. The van der Waals surface area contributed by atoms with Crippen LogP contribution in [0.5, 0.6) is 0 Å². The lowest BCUT2D eigenvalue weighted by Crippen LogP contribution is -2.48. The fourth-order valence-corrected chi connectivity index (χ4v) is 2.40. The first-order valence-corrected chi connectivity index (χ1v) is 7.27. The van der Waals surface area contributed by atoms with E-state index in [2.05, 4.69) is 20.2 Å². The minimum atomic E-state index is -0.340. The maximum Gasteiger partial charge on any atom is 0.225 e. The zero-order valence-electron chi connectivity index (χ0n) is 12.2. The first-order valence-electron chi connectivity index (χ1n) is 6.89. The molecular weight excluding hydrogens is 276 g/mol. The van der Waals surface area contributed by atoms with Crippen LogP contribution in [0.25, 0.3) is 0 Å². The summed E-state index contributed by atoms with van der Waals surface area (Å²) in [7, 11) is 0. The number of nitrogens with one attached hydrogen (secondary N) is 1. The van der Waals surface area contributed by atoms with Crippen LogP contribution >= 0.6 is 11.6 Å². The number of carbonyl (C=O) groups excluding carboxylic acids is 1. The van der Waals surface area contributed by atoms with Crippen molar-refractivity contribution in [3.8, 4) is 0 Å². The third-order valence-corrected chi connectivity index (χ3v) is 3.73. The van der Waals surface area contributed by atoms with Gasteiger partial charge in [-0.25, -0.2) is 9.97 Å². The van der Waals surface area contributed by atoms with Gasteiger partial charge in [0.2, 0.25) is 5.91 Å². The van der Waals surface area contributed by atoms with E-state index in [0.29, 0.717) is 5.02 Å². The summed E-state index contributed by atoms with van der Waals surface area (Å²) in [4.78, 5) is 22.2. The smallest absolute Gasteiger partial charge is 0.225 e. The highest BCUT2D eigenvalue weighted by molar-refractivity contribution is 6.32. The van der Waals surface area contributed by atoms with Crippen LogP contribution in [0.4, 0.5) is 5.82 Å². The van der Waals surface area contributed by atoms with Crippen LogP contribution in [0.1, 0.15) is 33.6 Å². The van der Waals surface area contributed by atoms with Crippen LogP contribution in [0.2, 0.25) is 5.02 Å². The molecule has 1 aromatic rings. The second-order valence-corrected chi connectivity index (χ2v) is 6.59. The van der Waals surface area contributed by atoms with Crippen molar-refractivity contribution in [2.75, 3.05) is 18.0 Å². The molecule has 2 heterocycles. The lowest BCUT2D eigenvalue weighted by Gasteiger charge is -2.34. The van der Waals surface area contributed by atoms with Crippen LogP contribution in [-0.4, -0.2) is 35.0 Å². The molecule has 1 saturated heterocycles. The second-order valence-electron chi connectivity index (χ2n) is 6.18. The second kappa shape index (κ2) is 5.95. The van der Waals surface area contributed by atoms with Crippen molar-refractivity contribution in [1.29, 1.82) is 0 Å². The van der Waals surface area contributed by atoms with Gasteiger partial charge in [-0.05, 0) is 12.8 Å². The van der Waals surface area contributed by atoms with E-state index in [-0.39, 0.29) is 17.4 Å². The molecule has 1 amide bonds. The molecule has 0 radical (unpaired) electrons. The maximum atomic E-state index is 12.0. The lowest BCUT2D eigenvalue weighted by atomic mass is 9.94. The summed E-state index contributed by atoms with van der Waals surface area (Å²) in [6.45, 7) is 7.46. The quantitative estimate of drug-likeness (QED) is 0.909. The summed E-state index contributed by atoms with van der Waals surface area (Å²) < 4.78 is 0. The predicted octanol–water partition coefficient (Wildman–Crippen LogP) is 2.26. The Labute approximate surface area is 124 Å². The Balaban J connectivity index is 1.90. The molecule has 0 atom stereocenters. The van der Waals surface area contributed by atoms with Crippen LogP contribution < -0.4 is 10.2 Å². The highest BCUT2D eigenvalue weighted by atomic mass is 35.5. The first-order chi connectivity index (χ1) is 9.38. The van der Waals surface area contributed by atoms with Crippen molar-refractivity contribution in [3.05, 3.63) is 17.5 Å². The molecule has 0 spiro atoms. The van der Waals surface area contributed by atoms with Crippen molar-refractivity contribution in [2.45, 2.75) is 39.7 Å². The highest BCUT2D eigenvalue weighted by Gasteiger charge is 2.27. The molecule has 1 aliphatic heterocycles. The molecule has 1 N–H and O–H groups in total. The Morgan fingerprint density at radius 3 is 2.60 bits per heavy atom. The number of hydrogen-bond acceptors (Lipinski definition) is 4. The molecule has 1 aliphatic rings. The average Bonchev–Trinajstić information content (AvgIpc) is 2.39. The molecule has 0 saturated carbocycles. The van der Waals surface area contributed by atoms with Gasteiger partial charge in [-0.15, -0.1) is 0 Å². The predicted molar refractivity (Wildman–Crippen MR) is 79.9 cm³/mol. The van der Waals surface area contributed by atoms with Gasteiger partial charge in [0.15, 0.2) is 5.82 Å². The van der Waals surface area contributed by atoms with E-state index in [9.17, 15) is 4.79 Å². The number of carbonyl (C=O) groups is 1. The molecule has 1 aromatic heterocycles. The zero-order valence-corrected chi connectivity index (χ0v) is 12.9. The van der Waals surface area contributed by atoms with Gasteiger partial charge < -0.3 is 10.2 Å². The summed E-state index contributed by atoms with van der Waals surface area (Å²) in [5.74, 6) is 0.887. The first kappa shape index (κ1) is 15.0. The van der Waals surface area contributed by atoms with Gasteiger partial charge in [-0.2, -0.15) is 0 Å². The Kier molecular flexibility index (Phi) is 4.48. The van der Waals surface area contributed by atoms with Gasteiger partial charge >= 0.3 is 0 Å². The minimum Gasteiger partial charge on any atom is -0.355 e. The van der Waals surface area contributed by atoms with Gasteiger partial charge in [0.05, 0.1) is 6.20 Å². The average molecular weight is 297 g/mol. The SMILES string of the molecule is CC(C)(C)C(=O)NC1CCN(c2ncncc2Cl)CC1. The Morgan fingerprint density at radius 2 is 2.05 bits per heavy atom. The van der Waals surface area contributed by atoms with E-state index < -0.39 is 0 Å². The van der Waals surface area contributed by atoms with E-state index in [0.717, 1.165) is 31.7 Å². The maximum absolute atomic E-state index is 12.0. The number of piperidine rings is 1. The number of aromatic nitrogens is 2. The number of amides is 1. The molecule has 20 heavy (non-hydrogen) atoms. The molecule has 0 unspecified atom stereocenters. The minimum absolute atomic E-state index is 0.107. The zero-order chi connectivity index (χ0) is 14.8. The third kappa shape index (κ3) is 3.60. The van der Waals surface area contributed by atoms with Gasteiger partial charge in [0.25, 0.3) is 0 Å². The fourth-order valence-electron chi connectivity index (χ4n) is 2.18. The molecular formula is C14H21ClN4O. The number of anilines is 1. The Hall–Kier alpha value is -1.36. The van der Waals surface area contributed by atoms with Crippen molar-refractivity contribution in [1.82, 2.24) is 15.3 Å². The van der Waals surface area contributed by atoms with Gasteiger partial charge in [-0.3, -0.25) is 4.79 Å². The van der Waals surface area contributed by atoms with Crippen LogP contribution in [0.3, 0.4) is 0 Å². The largest absolute Gasteiger partial charge is 0.355 e. The van der Waals surface area contributed by atoms with Crippen LogP contribution in [-0.2, 0) is 4.79 Å². The van der Waals surface area contributed by atoms with Gasteiger partial charge in [0, 0.05) is 24.5 Å². The lowest BCUT2D eigenvalue weighted by molar-refractivity contribution is -0.129. The van der Waals surface area contributed by atoms with E-state index in [1.807, 2.05) is 20.8 Å². The normalized spacial score (nSPS) is 17.1. The van der Waals surface area contributed by atoms with Gasteiger partial charge in [-0.1, -0.05) is 32.4 Å².